The third kappa shape index (κ3) is 4.95. The number of hydrogen-bond donors (Lipinski definition) is 1. The molecule has 2 saturated heterocycles. The molecule has 7 heteroatoms. The van der Waals surface area contributed by atoms with E-state index >= 15 is 0 Å². The van der Waals surface area contributed by atoms with Crippen LogP contribution in [0.15, 0.2) is 6.07 Å². The Hall–Kier alpha value is -1.31. The highest BCUT2D eigenvalue weighted by atomic mass is 32.1. The second-order valence-corrected chi connectivity index (χ2v) is 8.87. The van der Waals surface area contributed by atoms with Crippen LogP contribution in [0.4, 0.5) is 4.79 Å². The molecule has 1 unspecified atom stereocenters. The maximum absolute atomic E-state index is 12.7. The lowest BCUT2D eigenvalue weighted by Crippen LogP contribution is -2.49. The third-order valence-corrected chi connectivity index (χ3v) is 6.89. The Morgan fingerprint density at radius 3 is 3.00 bits per heavy atom. The molecule has 0 spiro atoms. The van der Waals surface area contributed by atoms with E-state index in [1.807, 2.05) is 9.80 Å². The van der Waals surface area contributed by atoms with Crippen LogP contribution in [0.5, 0.6) is 5.06 Å². The van der Waals surface area contributed by atoms with Gasteiger partial charge in [0.15, 0.2) is 5.06 Å². The Kier molecular flexibility index (Phi) is 6.52. The monoisotopic (exact) mass is 393 g/mol. The van der Waals surface area contributed by atoms with Crippen molar-refractivity contribution in [3.63, 3.8) is 0 Å². The molecule has 1 N–H and O–H groups in total. The zero-order valence-electron chi connectivity index (χ0n) is 16.1. The Balaban J connectivity index is 1.24. The number of urea groups is 1. The van der Waals surface area contributed by atoms with E-state index in [0.29, 0.717) is 32.8 Å². The molecule has 0 aromatic carbocycles. The highest BCUT2D eigenvalue weighted by molar-refractivity contribution is 7.14. The van der Waals surface area contributed by atoms with Crippen molar-refractivity contribution in [2.45, 2.75) is 38.6 Å². The Labute approximate surface area is 165 Å². The molecule has 3 aliphatic heterocycles. The molecule has 4 rings (SSSR count). The minimum absolute atomic E-state index is 0.154. The van der Waals surface area contributed by atoms with Crippen LogP contribution < -0.4 is 10.1 Å². The number of piperidine rings is 1. The Bertz CT molecular complexity index is 624. The quantitative estimate of drug-likeness (QED) is 0.782. The lowest BCUT2D eigenvalue weighted by Gasteiger charge is -2.34. The maximum Gasteiger partial charge on any atom is 0.320 e. The summed E-state index contributed by atoms with van der Waals surface area (Å²) in [5.41, 5.74) is 1.36. The van der Waals surface area contributed by atoms with E-state index in [1.165, 1.54) is 42.8 Å². The first-order chi connectivity index (χ1) is 13.3. The second kappa shape index (κ2) is 9.26. The topological polar surface area (TPSA) is 54.0 Å². The SMILES string of the molecule is O=C(N1CCOCC1)N1CCc2cc(OCCCC3CCCNC3)sc2C1. The number of thiophene rings is 1. The van der Waals surface area contributed by atoms with E-state index in [9.17, 15) is 4.79 Å². The normalized spacial score (nSPS) is 23.2. The lowest BCUT2D eigenvalue weighted by molar-refractivity contribution is 0.0423. The average molecular weight is 394 g/mol. The van der Waals surface area contributed by atoms with Crippen molar-refractivity contribution >= 4 is 17.4 Å². The molecule has 27 heavy (non-hydrogen) atoms. The molecule has 150 valence electrons. The average Bonchev–Trinajstić information content (AvgIpc) is 3.14. The largest absolute Gasteiger partial charge is 0.484 e. The highest BCUT2D eigenvalue weighted by Crippen LogP contribution is 2.34. The second-order valence-electron chi connectivity index (χ2n) is 7.77. The van der Waals surface area contributed by atoms with Crippen LogP contribution in [0.1, 0.15) is 36.1 Å². The summed E-state index contributed by atoms with van der Waals surface area (Å²) < 4.78 is 11.4. The number of rotatable bonds is 5. The van der Waals surface area contributed by atoms with Gasteiger partial charge < -0.3 is 24.6 Å². The molecule has 0 saturated carbocycles. The van der Waals surface area contributed by atoms with Crippen molar-refractivity contribution in [1.29, 1.82) is 0 Å². The zero-order valence-corrected chi connectivity index (χ0v) is 16.9. The summed E-state index contributed by atoms with van der Waals surface area (Å²) in [5, 5.41) is 4.50. The molecule has 2 amide bonds. The number of carbonyl (C=O) groups excluding carboxylic acids is 1. The molecule has 0 aliphatic carbocycles. The number of fused-ring (bicyclic) bond motifs is 1. The molecule has 1 aromatic rings. The smallest absolute Gasteiger partial charge is 0.320 e. The molecule has 6 nitrogen and oxygen atoms in total. The summed E-state index contributed by atoms with van der Waals surface area (Å²) in [4.78, 5) is 17.9. The molecule has 2 fully saturated rings. The summed E-state index contributed by atoms with van der Waals surface area (Å²) in [6.07, 6.45) is 5.96. The van der Waals surface area contributed by atoms with E-state index in [0.717, 1.165) is 37.0 Å². The Morgan fingerprint density at radius 2 is 2.19 bits per heavy atom. The molecule has 1 aromatic heterocycles. The van der Waals surface area contributed by atoms with Crippen molar-refractivity contribution in [3.05, 3.63) is 16.5 Å². The maximum atomic E-state index is 12.7. The standard InChI is InChI=1S/C20H31N3O3S/c24-20(22-8-11-25-12-9-22)23-7-5-17-13-19(27-18(17)15-23)26-10-2-4-16-3-1-6-21-14-16/h13,16,21H,1-12,14-15H2. The van der Waals surface area contributed by atoms with Crippen LogP contribution >= 0.6 is 11.3 Å². The fourth-order valence-electron chi connectivity index (χ4n) is 4.20. The number of carbonyl (C=O) groups is 1. The minimum Gasteiger partial charge on any atom is -0.484 e. The van der Waals surface area contributed by atoms with Crippen LogP contribution in [0.3, 0.4) is 0 Å². The number of hydrogen-bond acceptors (Lipinski definition) is 5. The first-order valence-corrected chi connectivity index (χ1v) is 11.2. The van der Waals surface area contributed by atoms with Crippen LogP contribution in [0.25, 0.3) is 0 Å². The van der Waals surface area contributed by atoms with E-state index < -0.39 is 0 Å². The van der Waals surface area contributed by atoms with Gasteiger partial charge in [0.1, 0.15) is 0 Å². The van der Waals surface area contributed by atoms with Gasteiger partial charge in [-0.3, -0.25) is 0 Å². The van der Waals surface area contributed by atoms with E-state index in [-0.39, 0.29) is 6.03 Å². The predicted molar refractivity (Wildman–Crippen MR) is 107 cm³/mol. The van der Waals surface area contributed by atoms with Crippen molar-refractivity contribution < 1.29 is 14.3 Å². The number of ether oxygens (including phenoxy) is 2. The fourth-order valence-corrected chi connectivity index (χ4v) is 5.30. The Morgan fingerprint density at radius 1 is 1.30 bits per heavy atom. The van der Waals surface area contributed by atoms with Crippen molar-refractivity contribution in [1.82, 2.24) is 15.1 Å². The summed E-state index contributed by atoms with van der Waals surface area (Å²) in [7, 11) is 0. The molecular weight excluding hydrogens is 362 g/mol. The zero-order chi connectivity index (χ0) is 18.5. The van der Waals surface area contributed by atoms with Crippen LogP contribution in [-0.2, 0) is 17.7 Å². The van der Waals surface area contributed by atoms with Gasteiger partial charge in [-0.1, -0.05) is 0 Å². The predicted octanol–water partition coefficient (Wildman–Crippen LogP) is 2.72. The highest BCUT2D eigenvalue weighted by Gasteiger charge is 2.27. The summed E-state index contributed by atoms with van der Waals surface area (Å²) in [6, 6.07) is 2.35. The van der Waals surface area contributed by atoms with Gasteiger partial charge in [-0.25, -0.2) is 4.79 Å². The molecule has 0 bridgehead atoms. The van der Waals surface area contributed by atoms with Gasteiger partial charge in [0.25, 0.3) is 0 Å². The number of morpholine rings is 1. The number of amides is 2. The summed E-state index contributed by atoms with van der Waals surface area (Å²) >= 11 is 1.72. The number of nitrogens with zero attached hydrogens (tertiary/aromatic N) is 2. The lowest BCUT2D eigenvalue weighted by atomic mass is 9.95. The van der Waals surface area contributed by atoms with Gasteiger partial charge in [-0.05, 0) is 62.7 Å². The van der Waals surface area contributed by atoms with Gasteiger partial charge in [-0.2, -0.15) is 0 Å². The van der Waals surface area contributed by atoms with Crippen molar-refractivity contribution in [3.8, 4) is 5.06 Å². The van der Waals surface area contributed by atoms with Gasteiger partial charge in [0.2, 0.25) is 0 Å². The van der Waals surface area contributed by atoms with Crippen LogP contribution in [0, 0.1) is 5.92 Å². The molecule has 0 radical (unpaired) electrons. The van der Waals surface area contributed by atoms with Crippen molar-refractivity contribution in [2.24, 2.45) is 5.92 Å². The molecule has 1 atom stereocenters. The van der Waals surface area contributed by atoms with Gasteiger partial charge in [0.05, 0.1) is 26.4 Å². The molecule has 4 heterocycles. The van der Waals surface area contributed by atoms with Crippen molar-refractivity contribution in [2.75, 3.05) is 52.5 Å². The molecular formula is C20H31N3O3S. The first kappa shape index (κ1) is 19.0. The van der Waals surface area contributed by atoms with Gasteiger partial charge in [0, 0.05) is 24.5 Å². The van der Waals surface area contributed by atoms with Gasteiger partial charge >= 0.3 is 6.03 Å². The van der Waals surface area contributed by atoms with E-state index in [2.05, 4.69) is 11.4 Å². The minimum atomic E-state index is 0.154. The summed E-state index contributed by atoms with van der Waals surface area (Å²) in [5.74, 6) is 0.818. The van der Waals surface area contributed by atoms with E-state index in [4.69, 9.17) is 9.47 Å². The third-order valence-electron chi connectivity index (χ3n) is 5.81. The molecule has 3 aliphatic rings. The van der Waals surface area contributed by atoms with E-state index in [1.54, 1.807) is 11.3 Å². The van der Waals surface area contributed by atoms with Crippen LogP contribution in [0.2, 0.25) is 0 Å². The summed E-state index contributed by atoms with van der Waals surface area (Å²) in [6.45, 7) is 7.37. The fraction of sp³-hybridized carbons (Fsp3) is 0.750. The van der Waals surface area contributed by atoms with Crippen LogP contribution in [-0.4, -0.2) is 68.4 Å². The first-order valence-electron chi connectivity index (χ1n) is 10.4. The number of nitrogens with one attached hydrogen (secondary N) is 1. The van der Waals surface area contributed by atoms with Gasteiger partial charge in [-0.15, -0.1) is 11.3 Å².